The molecule has 3 rings (SSSR count). The molecular weight excluding hydrogens is 344 g/mol. The molecule has 1 aliphatic carbocycles. The molecule has 2 heterocycles. The van der Waals surface area contributed by atoms with Crippen LogP contribution in [0.15, 0.2) is 0 Å². The maximum absolute atomic E-state index is 12.1. The molecule has 1 saturated carbocycles. The second-order valence-corrected chi connectivity index (χ2v) is 9.86. The highest BCUT2D eigenvalue weighted by atomic mass is 16.6. The van der Waals surface area contributed by atoms with Gasteiger partial charge in [0.05, 0.1) is 5.92 Å². The number of hydrogen-bond acceptors (Lipinski definition) is 4. The number of aliphatic carboxylic acids is 1. The second kappa shape index (κ2) is 8.38. The van der Waals surface area contributed by atoms with E-state index in [1.54, 1.807) is 0 Å². The zero-order chi connectivity index (χ0) is 19.6. The van der Waals surface area contributed by atoms with Crippen molar-refractivity contribution in [1.29, 1.82) is 0 Å². The van der Waals surface area contributed by atoms with Crippen LogP contribution in [-0.2, 0) is 9.53 Å². The Hall–Kier alpha value is -1.30. The molecule has 1 amide bonds. The summed E-state index contributed by atoms with van der Waals surface area (Å²) in [6, 6.07) is 0. The SMILES string of the molecule is CC(C)(C)OC(=O)N1CC([C@H]2CCCN(CC3CCC(C(=O)O)CC3)C2)C1. The third-order valence-corrected chi connectivity index (χ3v) is 6.48. The van der Waals surface area contributed by atoms with Crippen molar-refractivity contribution < 1.29 is 19.4 Å². The van der Waals surface area contributed by atoms with Gasteiger partial charge in [-0.05, 0) is 83.6 Å². The number of carbonyl (C=O) groups excluding carboxylic acids is 1. The lowest BCUT2D eigenvalue weighted by Gasteiger charge is -2.47. The summed E-state index contributed by atoms with van der Waals surface area (Å²) in [6.07, 6.45) is 6.09. The average molecular weight is 381 g/mol. The first-order chi connectivity index (χ1) is 12.7. The van der Waals surface area contributed by atoms with Crippen molar-refractivity contribution in [3.05, 3.63) is 0 Å². The van der Waals surface area contributed by atoms with Gasteiger partial charge in [-0.1, -0.05) is 0 Å². The number of rotatable bonds is 4. The zero-order valence-corrected chi connectivity index (χ0v) is 17.2. The highest BCUT2D eigenvalue weighted by Gasteiger charge is 2.39. The van der Waals surface area contributed by atoms with Crippen LogP contribution in [0.5, 0.6) is 0 Å². The van der Waals surface area contributed by atoms with Gasteiger partial charge in [0, 0.05) is 26.2 Å². The molecule has 1 N–H and O–H groups in total. The van der Waals surface area contributed by atoms with E-state index < -0.39 is 11.6 Å². The van der Waals surface area contributed by atoms with Crippen molar-refractivity contribution in [3.63, 3.8) is 0 Å². The lowest BCUT2D eigenvalue weighted by Crippen LogP contribution is -2.56. The molecule has 154 valence electrons. The van der Waals surface area contributed by atoms with Crippen LogP contribution in [0.3, 0.4) is 0 Å². The summed E-state index contributed by atoms with van der Waals surface area (Å²) in [4.78, 5) is 27.7. The molecular formula is C21H36N2O4. The third-order valence-electron chi connectivity index (χ3n) is 6.48. The van der Waals surface area contributed by atoms with Gasteiger partial charge < -0.3 is 19.6 Å². The van der Waals surface area contributed by atoms with Crippen molar-refractivity contribution in [2.75, 3.05) is 32.7 Å². The quantitative estimate of drug-likeness (QED) is 0.809. The van der Waals surface area contributed by atoms with Crippen LogP contribution in [0.2, 0.25) is 0 Å². The maximum atomic E-state index is 12.1. The number of carboxylic acids is 1. The Bertz CT molecular complexity index is 531. The fraction of sp³-hybridized carbons (Fsp3) is 0.905. The smallest absolute Gasteiger partial charge is 0.410 e. The molecule has 3 fully saturated rings. The average Bonchev–Trinajstić information content (AvgIpc) is 2.52. The van der Waals surface area contributed by atoms with E-state index >= 15 is 0 Å². The van der Waals surface area contributed by atoms with E-state index in [0.717, 1.165) is 58.4 Å². The lowest BCUT2D eigenvalue weighted by atomic mass is 9.79. The molecule has 0 aromatic carbocycles. The van der Waals surface area contributed by atoms with Crippen molar-refractivity contribution >= 4 is 12.1 Å². The number of likely N-dealkylation sites (tertiary alicyclic amines) is 2. The summed E-state index contributed by atoms with van der Waals surface area (Å²) >= 11 is 0. The number of ether oxygens (including phenoxy) is 1. The molecule has 27 heavy (non-hydrogen) atoms. The van der Waals surface area contributed by atoms with Gasteiger partial charge in [0.15, 0.2) is 0 Å². The van der Waals surface area contributed by atoms with Gasteiger partial charge in [0.1, 0.15) is 5.60 Å². The van der Waals surface area contributed by atoms with Crippen LogP contribution < -0.4 is 0 Å². The standard InChI is InChI=1S/C21H36N2O4/c1-21(2,3)27-20(26)23-13-18(14-23)17-5-4-10-22(12-17)11-15-6-8-16(9-7-15)19(24)25/h15-18H,4-14H2,1-3H3,(H,24,25)/t15?,16?,17-/m0/s1. The Morgan fingerprint density at radius 2 is 1.67 bits per heavy atom. The van der Waals surface area contributed by atoms with Gasteiger partial charge in [0.25, 0.3) is 0 Å². The van der Waals surface area contributed by atoms with E-state index in [4.69, 9.17) is 9.84 Å². The summed E-state index contributed by atoms with van der Waals surface area (Å²) < 4.78 is 5.46. The lowest BCUT2D eigenvalue weighted by molar-refractivity contribution is -0.143. The van der Waals surface area contributed by atoms with E-state index in [-0.39, 0.29) is 12.0 Å². The Morgan fingerprint density at radius 3 is 2.26 bits per heavy atom. The van der Waals surface area contributed by atoms with Crippen LogP contribution in [0.25, 0.3) is 0 Å². The molecule has 2 saturated heterocycles. The van der Waals surface area contributed by atoms with Crippen LogP contribution in [-0.4, -0.2) is 65.3 Å². The first kappa shape index (κ1) is 20.4. The number of piperidine rings is 1. The summed E-state index contributed by atoms with van der Waals surface area (Å²) in [7, 11) is 0. The second-order valence-electron chi connectivity index (χ2n) is 9.86. The Morgan fingerprint density at radius 1 is 1.00 bits per heavy atom. The largest absolute Gasteiger partial charge is 0.481 e. The predicted octanol–water partition coefficient (Wildman–Crippen LogP) is 3.46. The topological polar surface area (TPSA) is 70.1 Å². The van der Waals surface area contributed by atoms with Gasteiger partial charge in [-0.2, -0.15) is 0 Å². The van der Waals surface area contributed by atoms with Crippen LogP contribution in [0.4, 0.5) is 4.79 Å². The van der Waals surface area contributed by atoms with Gasteiger partial charge in [0.2, 0.25) is 0 Å². The summed E-state index contributed by atoms with van der Waals surface area (Å²) in [6.45, 7) is 10.8. The van der Waals surface area contributed by atoms with E-state index in [1.165, 1.54) is 12.8 Å². The van der Waals surface area contributed by atoms with Gasteiger partial charge in [-0.3, -0.25) is 4.79 Å². The Labute approximate surface area is 163 Å². The van der Waals surface area contributed by atoms with E-state index in [2.05, 4.69) is 4.90 Å². The van der Waals surface area contributed by atoms with E-state index in [1.807, 2.05) is 25.7 Å². The number of carbonyl (C=O) groups is 2. The summed E-state index contributed by atoms with van der Waals surface area (Å²) in [5.41, 5.74) is -0.427. The highest BCUT2D eigenvalue weighted by molar-refractivity contribution is 5.70. The first-order valence-corrected chi connectivity index (χ1v) is 10.6. The van der Waals surface area contributed by atoms with E-state index in [0.29, 0.717) is 17.8 Å². The Kier molecular flexibility index (Phi) is 6.34. The fourth-order valence-electron chi connectivity index (χ4n) is 4.89. The normalized spacial score (nSPS) is 30.6. The molecule has 0 aromatic heterocycles. The van der Waals surface area contributed by atoms with Crippen molar-refractivity contribution in [1.82, 2.24) is 9.80 Å². The molecule has 3 aliphatic rings. The monoisotopic (exact) mass is 380 g/mol. The molecule has 0 spiro atoms. The minimum Gasteiger partial charge on any atom is -0.481 e. The first-order valence-electron chi connectivity index (χ1n) is 10.6. The van der Waals surface area contributed by atoms with Gasteiger partial charge in [-0.25, -0.2) is 4.79 Å². The number of amides is 1. The van der Waals surface area contributed by atoms with Crippen molar-refractivity contribution in [2.24, 2.45) is 23.7 Å². The predicted molar refractivity (Wildman–Crippen MR) is 104 cm³/mol. The maximum Gasteiger partial charge on any atom is 0.410 e. The third kappa shape index (κ3) is 5.59. The molecule has 0 aromatic rings. The summed E-state index contributed by atoms with van der Waals surface area (Å²) in [5.74, 6) is 1.19. The minimum absolute atomic E-state index is 0.121. The van der Waals surface area contributed by atoms with Crippen molar-refractivity contribution in [3.8, 4) is 0 Å². The molecule has 2 aliphatic heterocycles. The Balaban J connectivity index is 1.39. The molecule has 0 radical (unpaired) electrons. The van der Waals surface area contributed by atoms with Crippen molar-refractivity contribution in [2.45, 2.75) is 64.9 Å². The molecule has 0 bridgehead atoms. The van der Waals surface area contributed by atoms with Gasteiger partial charge >= 0.3 is 12.1 Å². The van der Waals surface area contributed by atoms with Crippen LogP contribution in [0, 0.1) is 23.7 Å². The molecule has 0 unspecified atom stereocenters. The molecule has 6 heteroatoms. The zero-order valence-electron chi connectivity index (χ0n) is 17.2. The van der Waals surface area contributed by atoms with Gasteiger partial charge in [-0.15, -0.1) is 0 Å². The summed E-state index contributed by atoms with van der Waals surface area (Å²) in [5, 5.41) is 9.15. The molecule has 6 nitrogen and oxygen atoms in total. The number of hydrogen-bond donors (Lipinski definition) is 1. The number of carboxylic acid groups (broad SMARTS) is 1. The van der Waals surface area contributed by atoms with E-state index in [9.17, 15) is 9.59 Å². The fourth-order valence-corrected chi connectivity index (χ4v) is 4.89. The highest BCUT2D eigenvalue weighted by Crippen LogP contribution is 2.34. The minimum atomic E-state index is -0.619. The molecule has 1 atom stereocenters. The number of nitrogens with zero attached hydrogens (tertiary/aromatic N) is 2. The van der Waals surface area contributed by atoms with Crippen LogP contribution >= 0.6 is 0 Å². The van der Waals surface area contributed by atoms with Crippen LogP contribution in [0.1, 0.15) is 59.3 Å².